The van der Waals surface area contributed by atoms with Crippen molar-refractivity contribution in [3.8, 4) is 5.75 Å². The van der Waals surface area contributed by atoms with Gasteiger partial charge >= 0.3 is 0 Å². The zero-order valence-corrected chi connectivity index (χ0v) is 10.6. The predicted octanol–water partition coefficient (Wildman–Crippen LogP) is 1.66. The molecule has 2 heterocycles. The minimum Gasteiger partial charge on any atom is -0.493 e. The Labute approximate surface area is 110 Å². The van der Waals surface area contributed by atoms with Crippen molar-refractivity contribution in [3.05, 3.63) is 17.9 Å². The molecule has 0 aliphatic carbocycles. The fraction of sp³-hybridized carbons (Fsp3) is 0.462. The minimum absolute atomic E-state index is 0.176. The topological polar surface area (TPSA) is 76.0 Å². The zero-order valence-electron chi connectivity index (χ0n) is 10.6. The van der Waals surface area contributed by atoms with Gasteiger partial charge in [0, 0.05) is 24.6 Å². The van der Waals surface area contributed by atoms with E-state index < -0.39 is 5.82 Å². The van der Waals surface area contributed by atoms with E-state index in [1.165, 1.54) is 12.5 Å². The molecule has 1 saturated heterocycles. The molecule has 1 unspecified atom stereocenters. The number of halogens is 1. The quantitative estimate of drug-likeness (QED) is 0.788. The Bertz CT molecular complexity index is 577. The molecule has 19 heavy (non-hydrogen) atoms. The number of benzene rings is 1. The number of nitrogens with one attached hydrogen (secondary N) is 2. The van der Waals surface area contributed by atoms with Crippen LogP contribution in [0.1, 0.15) is 12.8 Å². The molecule has 1 aromatic carbocycles. The highest BCUT2D eigenvalue weighted by Gasteiger charge is 2.15. The molecule has 0 saturated carbocycles. The number of fused-ring (bicyclic) bond motifs is 1. The first-order valence-electron chi connectivity index (χ1n) is 6.50. The Morgan fingerprint density at radius 2 is 2.37 bits per heavy atom. The number of anilines is 1. The zero-order chi connectivity index (χ0) is 13.2. The number of nitrogens with zero attached hydrogens (tertiary/aromatic N) is 1. The van der Waals surface area contributed by atoms with E-state index in [1.807, 2.05) is 0 Å². The average molecular weight is 264 g/mol. The molecule has 102 valence electrons. The monoisotopic (exact) mass is 264 g/mol. The molecule has 2 aromatic rings. The third kappa shape index (κ3) is 2.49. The van der Waals surface area contributed by atoms with E-state index in [0.717, 1.165) is 19.5 Å². The number of nitrogen functional groups attached to an aromatic ring is 1. The predicted molar refractivity (Wildman–Crippen MR) is 71.6 cm³/mol. The van der Waals surface area contributed by atoms with Crippen molar-refractivity contribution in [2.75, 3.05) is 25.4 Å². The highest BCUT2D eigenvalue weighted by molar-refractivity contribution is 5.90. The van der Waals surface area contributed by atoms with Crippen molar-refractivity contribution in [2.24, 2.45) is 5.92 Å². The van der Waals surface area contributed by atoms with Crippen molar-refractivity contribution in [1.82, 2.24) is 15.5 Å². The largest absolute Gasteiger partial charge is 0.493 e. The van der Waals surface area contributed by atoms with Crippen molar-refractivity contribution in [3.63, 3.8) is 0 Å². The minimum atomic E-state index is -0.402. The Hall–Kier alpha value is -1.82. The molecular weight excluding hydrogens is 247 g/mol. The van der Waals surface area contributed by atoms with Crippen LogP contribution < -0.4 is 15.8 Å². The van der Waals surface area contributed by atoms with Gasteiger partial charge in [0.1, 0.15) is 11.6 Å². The summed E-state index contributed by atoms with van der Waals surface area (Å²) < 4.78 is 19.5. The van der Waals surface area contributed by atoms with E-state index in [9.17, 15) is 4.39 Å². The number of aromatic amines is 1. The smallest absolute Gasteiger partial charge is 0.156 e. The molecule has 1 atom stereocenters. The van der Waals surface area contributed by atoms with Gasteiger partial charge in [0.2, 0.25) is 0 Å². The Balaban J connectivity index is 1.74. The van der Waals surface area contributed by atoms with Gasteiger partial charge in [-0.2, -0.15) is 5.10 Å². The summed E-state index contributed by atoms with van der Waals surface area (Å²) in [5.74, 6) is 0.773. The van der Waals surface area contributed by atoms with E-state index in [-0.39, 0.29) is 5.82 Å². The molecule has 3 rings (SSSR count). The summed E-state index contributed by atoms with van der Waals surface area (Å²) in [6, 6.07) is 3.10. The Morgan fingerprint density at radius 1 is 1.47 bits per heavy atom. The molecule has 6 heteroatoms. The molecular formula is C13H17FN4O. The number of H-pyrrole nitrogens is 1. The second kappa shape index (κ2) is 5.05. The standard InChI is InChI=1S/C13H17FN4O/c14-10-4-9(5-11-12(10)13(15)18-17-11)19-7-8-2-1-3-16-6-8/h4-5,8,16H,1-3,6-7H2,(H3,15,17,18). The molecule has 1 aromatic heterocycles. The van der Waals surface area contributed by atoms with Gasteiger partial charge in [0.05, 0.1) is 17.5 Å². The number of hydrogen-bond donors (Lipinski definition) is 3. The summed E-state index contributed by atoms with van der Waals surface area (Å²) in [4.78, 5) is 0. The van der Waals surface area contributed by atoms with Gasteiger partial charge in [-0.3, -0.25) is 5.10 Å². The van der Waals surface area contributed by atoms with Crippen LogP contribution in [0.5, 0.6) is 5.75 Å². The Kier molecular flexibility index (Phi) is 3.25. The second-order valence-corrected chi connectivity index (χ2v) is 4.96. The first-order chi connectivity index (χ1) is 9.24. The normalized spacial score (nSPS) is 19.7. The van der Waals surface area contributed by atoms with Crippen LogP contribution in [0, 0.1) is 11.7 Å². The van der Waals surface area contributed by atoms with Crippen molar-refractivity contribution >= 4 is 16.7 Å². The highest BCUT2D eigenvalue weighted by Crippen LogP contribution is 2.27. The number of hydrogen-bond acceptors (Lipinski definition) is 4. The van der Waals surface area contributed by atoms with Gasteiger partial charge < -0.3 is 15.8 Å². The van der Waals surface area contributed by atoms with Crippen LogP contribution in [-0.2, 0) is 0 Å². The van der Waals surface area contributed by atoms with Crippen molar-refractivity contribution < 1.29 is 9.13 Å². The maximum atomic E-state index is 13.9. The number of aromatic nitrogens is 2. The second-order valence-electron chi connectivity index (χ2n) is 4.96. The average Bonchev–Trinajstić information content (AvgIpc) is 2.80. The lowest BCUT2D eigenvalue weighted by atomic mass is 10.0. The van der Waals surface area contributed by atoms with Gasteiger partial charge in [-0.25, -0.2) is 4.39 Å². The molecule has 0 spiro atoms. The van der Waals surface area contributed by atoms with Crippen LogP contribution in [0.15, 0.2) is 12.1 Å². The summed E-state index contributed by atoms with van der Waals surface area (Å²) in [7, 11) is 0. The lowest BCUT2D eigenvalue weighted by Gasteiger charge is -2.22. The molecule has 1 aliphatic rings. The molecule has 0 radical (unpaired) electrons. The van der Waals surface area contributed by atoms with Gasteiger partial charge in [-0.15, -0.1) is 0 Å². The molecule has 1 aliphatic heterocycles. The van der Waals surface area contributed by atoms with Crippen LogP contribution in [0.3, 0.4) is 0 Å². The van der Waals surface area contributed by atoms with Crippen molar-refractivity contribution in [2.45, 2.75) is 12.8 Å². The molecule has 5 nitrogen and oxygen atoms in total. The summed E-state index contributed by atoms with van der Waals surface area (Å²) in [6.45, 7) is 2.63. The SMILES string of the molecule is Nc1n[nH]c2cc(OCC3CCCNC3)cc(F)c12. The molecule has 1 fully saturated rings. The molecule has 4 N–H and O–H groups in total. The summed E-state index contributed by atoms with van der Waals surface area (Å²) in [5.41, 5.74) is 6.15. The van der Waals surface area contributed by atoms with Gasteiger partial charge in [-0.05, 0) is 19.4 Å². The van der Waals surface area contributed by atoms with Gasteiger partial charge in [-0.1, -0.05) is 0 Å². The third-order valence-corrected chi connectivity index (χ3v) is 3.50. The molecule has 0 bridgehead atoms. The van der Waals surface area contributed by atoms with E-state index in [4.69, 9.17) is 10.5 Å². The third-order valence-electron chi connectivity index (χ3n) is 3.50. The lowest BCUT2D eigenvalue weighted by Crippen LogP contribution is -2.33. The van der Waals surface area contributed by atoms with E-state index in [1.54, 1.807) is 6.07 Å². The van der Waals surface area contributed by atoms with Gasteiger partial charge in [0.15, 0.2) is 5.82 Å². The van der Waals surface area contributed by atoms with Crippen LogP contribution >= 0.6 is 0 Å². The van der Waals surface area contributed by atoms with E-state index in [0.29, 0.717) is 29.2 Å². The number of rotatable bonds is 3. The Morgan fingerprint density at radius 3 is 3.16 bits per heavy atom. The first kappa shape index (κ1) is 12.2. The summed E-state index contributed by atoms with van der Waals surface area (Å²) in [6.07, 6.45) is 2.31. The van der Waals surface area contributed by atoms with E-state index in [2.05, 4.69) is 15.5 Å². The highest BCUT2D eigenvalue weighted by atomic mass is 19.1. The number of ether oxygens (including phenoxy) is 1. The van der Waals surface area contributed by atoms with Crippen LogP contribution in [-0.4, -0.2) is 29.9 Å². The van der Waals surface area contributed by atoms with Gasteiger partial charge in [0.25, 0.3) is 0 Å². The lowest BCUT2D eigenvalue weighted by molar-refractivity contribution is 0.218. The van der Waals surface area contributed by atoms with Crippen molar-refractivity contribution in [1.29, 1.82) is 0 Å². The van der Waals surface area contributed by atoms with Crippen LogP contribution in [0.25, 0.3) is 10.9 Å². The maximum absolute atomic E-state index is 13.9. The number of piperidine rings is 1. The maximum Gasteiger partial charge on any atom is 0.156 e. The fourth-order valence-electron chi connectivity index (χ4n) is 2.47. The number of nitrogens with two attached hydrogens (primary N) is 1. The van der Waals surface area contributed by atoms with E-state index >= 15 is 0 Å². The first-order valence-corrected chi connectivity index (χ1v) is 6.50. The molecule has 0 amide bonds. The van der Waals surface area contributed by atoms with Crippen LogP contribution in [0.2, 0.25) is 0 Å². The summed E-state index contributed by atoms with van der Waals surface area (Å²) in [5, 5.41) is 10.1. The summed E-state index contributed by atoms with van der Waals surface area (Å²) >= 11 is 0. The van der Waals surface area contributed by atoms with Crippen LogP contribution in [0.4, 0.5) is 10.2 Å². The fourth-order valence-corrected chi connectivity index (χ4v) is 2.47.